The van der Waals surface area contributed by atoms with Gasteiger partial charge in [0, 0.05) is 12.4 Å². The molecule has 0 unspecified atom stereocenters. The van der Waals surface area contributed by atoms with Crippen LogP contribution in [0.15, 0.2) is 18.6 Å². The lowest BCUT2D eigenvalue weighted by molar-refractivity contribution is 0.629. The van der Waals surface area contributed by atoms with E-state index >= 15 is 0 Å². The van der Waals surface area contributed by atoms with Gasteiger partial charge in [0.05, 0.1) is 17.3 Å². The maximum absolute atomic E-state index is 5.94. The van der Waals surface area contributed by atoms with Gasteiger partial charge in [0.25, 0.3) is 0 Å². The number of fused-ring (bicyclic) bond motifs is 1. The van der Waals surface area contributed by atoms with Crippen LogP contribution in [-0.4, -0.2) is 29.9 Å². The molecule has 0 aliphatic rings. The lowest BCUT2D eigenvalue weighted by Gasteiger charge is -2.01. The summed E-state index contributed by atoms with van der Waals surface area (Å²) in [7, 11) is 0. The Morgan fingerprint density at radius 3 is 2.89 bits per heavy atom. The lowest BCUT2D eigenvalue weighted by atomic mass is 10.1. The number of hydrogen-bond acceptors (Lipinski definition) is 5. The van der Waals surface area contributed by atoms with Crippen molar-refractivity contribution in [1.82, 2.24) is 29.9 Å². The average molecular weight is 257 g/mol. The summed E-state index contributed by atoms with van der Waals surface area (Å²) in [5.41, 5.74) is 7.56. The standard InChI is InChI=1S/C12H15N7/c1-7(2)5-8-10-11(13)16-17-12(10)19(18-8)9-6-14-3-4-15-9/h3-4,6-7H,5H2,1-2H3,(H3,13,16,17). The largest absolute Gasteiger partial charge is 0.383 e. The average Bonchev–Trinajstić information content (AvgIpc) is 2.93. The van der Waals surface area contributed by atoms with E-state index in [1.165, 1.54) is 0 Å². The molecule has 3 aromatic heterocycles. The molecule has 0 radical (unpaired) electrons. The fourth-order valence-corrected chi connectivity index (χ4v) is 2.09. The van der Waals surface area contributed by atoms with Gasteiger partial charge < -0.3 is 5.73 Å². The van der Waals surface area contributed by atoms with Gasteiger partial charge in [-0.15, -0.1) is 0 Å². The molecule has 0 aromatic carbocycles. The lowest BCUT2D eigenvalue weighted by Crippen LogP contribution is -2.03. The first-order valence-electron chi connectivity index (χ1n) is 6.14. The summed E-state index contributed by atoms with van der Waals surface area (Å²) in [6, 6.07) is 0. The molecule has 7 heteroatoms. The van der Waals surface area contributed by atoms with Crippen molar-refractivity contribution in [2.75, 3.05) is 5.73 Å². The Morgan fingerprint density at radius 1 is 1.37 bits per heavy atom. The van der Waals surface area contributed by atoms with Crippen LogP contribution in [0.3, 0.4) is 0 Å². The van der Waals surface area contributed by atoms with E-state index in [4.69, 9.17) is 5.73 Å². The number of H-pyrrole nitrogens is 1. The second-order valence-corrected chi connectivity index (χ2v) is 4.86. The van der Waals surface area contributed by atoms with Gasteiger partial charge in [0.1, 0.15) is 5.82 Å². The predicted molar refractivity (Wildman–Crippen MR) is 71.8 cm³/mol. The van der Waals surface area contributed by atoms with Crippen molar-refractivity contribution in [1.29, 1.82) is 0 Å². The minimum atomic E-state index is 0.489. The van der Waals surface area contributed by atoms with E-state index in [1.54, 1.807) is 23.3 Å². The van der Waals surface area contributed by atoms with Crippen LogP contribution in [0.25, 0.3) is 16.9 Å². The van der Waals surface area contributed by atoms with Crippen LogP contribution in [0.2, 0.25) is 0 Å². The summed E-state index contributed by atoms with van der Waals surface area (Å²) in [6.07, 6.45) is 5.74. The van der Waals surface area contributed by atoms with E-state index in [9.17, 15) is 0 Å². The van der Waals surface area contributed by atoms with Crippen LogP contribution in [0.1, 0.15) is 19.5 Å². The Bertz CT molecular complexity index is 696. The van der Waals surface area contributed by atoms with E-state index in [1.807, 2.05) is 0 Å². The minimum absolute atomic E-state index is 0.489. The van der Waals surface area contributed by atoms with Crippen LogP contribution in [-0.2, 0) is 6.42 Å². The zero-order valence-corrected chi connectivity index (χ0v) is 10.8. The highest BCUT2D eigenvalue weighted by atomic mass is 15.4. The van der Waals surface area contributed by atoms with Crippen molar-refractivity contribution in [3.8, 4) is 5.82 Å². The number of nitrogens with one attached hydrogen (secondary N) is 1. The van der Waals surface area contributed by atoms with E-state index in [0.29, 0.717) is 23.2 Å². The van der Waals surface area contributed by atoms with Gasteiger partial charge in [-0.1, -0.05) is 13.8 Å². The fraction of sp³-hybridized carbons (Fsp3) is 0.333. The molecule has 3 N–H and O–H groups in total. The molecule has 0 spiro atoms. The molecule has 0 saturated carbocycles. The van der Waals surface area contributed by atoms with Crippen molar-refractivity contribution in [3.63, 3.8) is 0 Å². The van der Waals surface area contributed by atoms with Crippen molar-refractivity contribution < 1.29 is 0 Å². The third-order valence-corrected chi connectivity index (χ3v) is 2.85. The first kappa shape index (κ1) is 11.6. The molecule has 0 amide bonds. The van der Waals surface area contributed by atoms with E-state index in [-0.39, 0.29) is 0 Å². The monoisotopic (exact) mass is 257 g/mol. The Hall–Kier alpha value is -2.44. The third-order valence-electron chi connectivity index (χ3n) is 2.85. The molecule has 3 heterocycles. The van der Waals surface area contributed by atoms with Gasteiger partial charge in [-0.25, -0.2) is 4.98 Å². The molecule has 0 aliphatic carbocycles. The second kappa shape index (κ2) is 4.34. The van der Waals surface area contributed by atoms with Crippen LogP contribution < -0.4 is 5.73 Å². The normalized spacial score (nSPS) is 11.5. The Morgan fingerprint density at radius 2 is 2.21 bits per heavy atom. The number of nitrogens with two attached hydrogens (primary N) is 1. The van der Waals surface area contributed by atoms with Gasteiger partial charge in [-0.2, -0.15) is 14.9 Å². The van der Waals surface area contributed by atoms with E-state index < -0.39 is 0 Å². The topological polar surface area (TPSA) is 98.3 Å². The zero-order chi connectivity index (χ0) is 13.4. The Balaban J connectivity index is 2.21. The molecule has 0 aliphatic heterocycles. The summed E-state index contributed by atoms with van der Waals surface area (Å²) in [4.78, 5) is 8.30. The summed E-state index contributed by atoms with van der Waals surface area (Å²) in [5.74, 6) is 1.66. The molecule has 7 nitrogen and oxygen atoms in total. The van der Waals surface area contributed by atoms with Crippen molar-refractivity contribution >= 4 is 16.9 Å². The number of anilines is 1. The highest BCUT2D eigenvalue weighted by Gasteiger charge is 2.18. The number of aromatic nitrogens is 6. The van der Waals surface area contributed by atoms with Gasteiger partial charge in [0.2, 0.25) is 0 Å². The first-order valence-corrected chi connectivity index (χ1v) is 6.14. The number of aromatic amines is 1. The molecular formula is C12H15N7. The number of hydrogen-bond donors (Lipinski definition) is 2. The molecule has 98 valence electrons. The van der Waals surface area contributed by atoms with Crippen molar-refractivity contribution in [2.24, 2.45) is 5.92 Å². The summed E-state index contributed by atoms with van der Waals surface area (Å²) in [5, 5.41) is 12.5. The van der Waals surface area contributed by atoms with Crippen molar-refractivity contribution in [2.45, 2.75) is 20.3 Å². The maximum atomic E-state index is 5.94. The van der Waals surface area contributed by atoms with Crippen LogP contribution >= 0.6 is 0 Å². The van der Waals surface area contributed by atoms with Gasteiger partial charge in [0.15, 0.2) is 11.5 Å². The van der Waals surface area contributed by atoms with E-state index in [2.05, 4.69) is 39.1 Å². The molecule has 3 aromatic rings. The fourth-order valence-electron chi connectivity index (χ4n) is 2.09. The Labute approximate surface area is 109 Å². The zero-order valence-electron chi connectivity index (χ0n) is 10.8. The molecule has 0 bridgehead atoms. The molecule has 0 atom stereocenters. The van der Waals surface area contributed by atoms with Gasteiger partial charge in [-0.05, 0) is 12.3 Å². The number of nitrogens with zero attached hydrogens (tertiary/aromatic N) is 5. The van der Waals surface area contributed by atoms with Gasteiger partial charge >= 0.3 is 0 Å². The van der Waals surface area contributed by atoms with Crippen molar-refractivity contribution in [3.05, 3.63) is 24.3 Å². The Kier molecular flexibility index (Phi) is 2.66. The smallest absolute Gasteiger partial charge is 0.188 e. The first-order chi connectivity index (χ1) is 9.16. The molecular weight excluding hydrogens is 242 g/mol. The van der Waals surface area contributed by atoms with Crippen LogP contribution in [0.5, 0.6) is 0 Å². The minimum Gasteiger partial charge on any atom is -0.383 e. The molecule has 0 fully saturated rings. The summed E-state index contributed by atoms with van der Waals surface area (Å²) >= 11 is 0. The molecule has 19 heavy (non-hydrogen) atoms. The number of rotatable bonds is 3. The summed E-state index contributed by atoms with van der Waals surface area (Å²) in [6.45, 7) is 4.28. The second-order valence-electron chi connectivity index (χ2n) is 4.86. The number of nitrogen functional groups attached to an aromatic ring is 1. The highest BCUT2D eigenvalue weighted by molar-refractivity contribution is 5.89. The van der Waals surface area contributed by atoms with Crippen LogP contribution in [0, 0.1) is 5.92 Å². The van der Waals surface area contributed by atoms with Gasteiger partial charge in [-0.3, -0.25) is 10.1 Å². The molecule has 0 saturated heterocycles. The summed E-state index contributed by atoms with van der Waals surface area (Å²) < 4.78 is 1.67. The van der Waals surface area contributed by atoms with Crippen LogP contribution in [0.4, 0.5) is 5.82 Å². The quantitative estimate of drug-likeness (QED) is 0.737. The maximum Gasteiger partial charge on any atom is 0.188 e. The SMILES string of the molecule is CC(C)Cc1nn(-c2cnccn2)c2n[nH]c(N)c12. The predicted octanol–water partition coefficient (Wildman–Crippen LogP) is 1.32. The van der Waals surface area contributed by atoms with E-state index in [0.717, 1.165) is 17.5 Å². The molecule has 3 rings (SSSR count). The third kappa shape index (κ3) is 1.92. The highest BCUT2D eigenvalue weighted by Crippen LogP contribution is 2.25.